The van der Waals surface area contributed by atoms with Gasteiger partial charge in [0.05, 0.1) is 0 Å². The fourth-order valence-electron chi connectivity index (χ4n) is 2.77. The van der Waals surface area contributed by atoms with Crippen molar-refractivity contribution in [3.8, 4) is 5.75 Å². The minimum atomic E-state index is -0.182. The van der Waals surface area contributed by atoms with Crippen LogP contribution in [0.15, 0.2) is 29.6 Å². The lowest BCUT2D eigenvalue weighted by molar-refractivity contribution is 0.221. The molecule has 1 aliphatic heterocycles. The number of hydrogen-bond acceptors (Lipinski definition) is 4. The molecule has 2 N–H and O–H groups in total. The highest BCUT2D eigenvalue weighted by atomic mass is 32.1. The molecule has 0 atom stereocenters. The Balaban J connectivity index is 1.73. The molecule has 0 spiro atoms. The van der Waals surface area contributed by atoms with Crippen molar-refractivity contribution in [2.24, 2.45) is 0 Å². The van der Waals surface area contributed by atoms with Crippen LogP contribution >= 0.6 is 11.3 Å². The fourth-order valence-corrected chi connectivity index (χ4v) is 3.71. The molecule has 2 aromatic rings. The van der Waals surface area contributed by atoms with E-state index in [9.17, 15) is 4.79 Å². The van der Waals surface area contributed by atoms with E-state index in [4.69, 9.17) is 4.74 Å². The third-order valence-electron chi connectivity index (χ3n) is 4.05. The zero-order valence-electron chi connectivity index (χ0n) is 14.1. The lowest BCUT2D eigenvalue weighted by Crippen LogP contribution is -2.28. The second kappa shape index (κ2) is 7.68. The maximum absolute atomic E-state index is 11.7. The van der Waals surface area contributed by atoms with Gasteiger partial charge in [0.15, 0.2) is 0 Å². The number of urea groups is 1. The summed E-state index contributed by atoms with van der Waals surface area (Å²) in [4.78, 5) is 15.5. The molecule has 2 heterocycles. The highest BCUT2D eigenvalue weighted by Crippen LogP contribution is 2.28. The summed E-state index contributed by atoms with van der Waals surface area (Å²) in [5.74, 6) is 0.904. The lowest BCUT2D eigenvalue weighted by atomic mass is 10.1. The highest BCUT2D eigenvalue weighted by Gasteiger charge is 2.17. The molecule has 1 aromatic heterocycles. The smallest absolute Gasteiger partial charge is 0.319 e. The number of nitrogens with zero attached hydrogens (tertiary/aromatic N) is 1. The minimum Gasteiger partial charge on any atom is -0.492 e. The number of carbonyl (C=O) groups excluding carboxylic acids is 1. The molecule has 0 aliphatic carbocycles. The number of rotatable bonds is 4. The number of benzene rings is 1. The van der Waals surface area contributed by atoms with Gasteiger partial charge >= 0.3 is 6.03 Å². The van der Waals surface area contributed by atoms with Gasteiger partial charge in [0.1, 0.15) is 12.4 Å². The summed E-state index contributed by atoms with van der Waals surface area (Å²) in [5, 5.41) is 7.74. The first-order valence-corrected chi connectivity index (χ1v) is 9.09. The Hall–Kier alpha value is -2.05. The predicted octanol–water partition coefficient (Wildman–Crippen LogP) is 3.59. The van der Waals surface area contributed by atoms with Crippen molar-refractivity contribution in [1.82, 2.24) is 10.2 Å². The first-order valence-electron chi connectivity index (χ1n) is 8.21. The molecule has 0 saturated heterocycles. The van der Waals surface area contributed by atoms with E-state index in [1.54, 1.807) is 11.3 Å². The van der Waals surface area contributed by atoms with Crippen LogP contribution in [0.3, 0.4) is 0 Å². The lowest BCUT2D eigenvalue weighted by Gasteiger charge is -2.19. The van der Waals surface area contributed by atoms with Crippen molar-refractivity contribution in [2.75, 3.05) is 25.0 Å². The largest absolute Gasteiger partial charge is 0.492 e. The Kier molecular flexibility index (Phi) is 5.37. The van der Waals surface area contributed by atoms with Gasteiger partial charge in [-0.1, -0.05) is 0 Å². The summed E-state index contributed by atoms with van der Waals surface area (Å²) >= 11 is 1.80. The number of ether oxygens (including phenoxy) is 1. The van der Waals surface area contributed by atoms with E-state index in [0.717, 1.165) is 36.6 Å². The maximum atomic E-state index is 11.7. The molecule has 2 amide bonds. The number of aryl methyl sites for hydroxylation is 1. The number of nitrogens with one attached hydrogen (secondary N) is 2. The summed E-state index contributed by atoms with van der Waals surface area (Å²) in [6.07, 6.45) is 0. The van der Waals surface area contributed by atoms with Crippen LogP contribution in [0.5, 0.6) is 5.75 Å². The summed E-state index contributed by atoms with van der Waals surface area (Å²) in [6.45, 7) is 7.98. The molecule has 1 aromatic carbocycles. The van der Waals surface area contributed by atoms with Crippen LogP contribution in [0.2, 0.25) is 0 Å². The molecule has 0 saturated carbocycles. The van der Waals surface area contributed by atoms with Crippen molar-refractivity contribution in [3.63, 3.8) is 0 Å². The quantitative estimate of drug-likeness (QED) is 0.890. The number of carbonyl (C=O) groups is 1. The van der Waals surface area contributed by atoms with E-state index in [1.165, 1.54) is 10.4 Å². The molecule has 0 unspecified atom stereocenters. The van der Waals surface area contributed by atoms with E-state index in [1.807, 2.05) is 25.1 Å². The molecule has 128 valence electrons. The van der Waals surface area contributed by atoms with Crippen LogP contribution < -0.4 is 15.4 Å². The minimum absolute atomic E-state index is 0.182. The van der Waals surface area contributed by atoms with Crippen molar-refractivity contribution >= 4 is 23.1 Å². The zero-order chi connectivity index (χ0) is 16.9. The first kappa shape index (κ1) is 16.8. The molecular formula is C18H23N3O2S. The molecule has 24 heavy (non-hydrogen) atoms. The van der Waals surface area contributed by atoms with Crippen molar-refractivity contribution in [1.29, 1.82) is 0 Å². The third-order valence-corrected chi connectivity index (χ3v) is 5.06. The summed E-state index contributed by atoms with van der Waals surface area (Å²) in [7, 11) is 0. The molecular weight excluding hydrogens is 322 g/mol. The fraction of sp³-hybridized carbons (Fsp3) is 0.389. The van der Waals surface area contributed by atoms with Gasteiger partial charge < -0.3 is 15.4 Å². The maximum Gasteiger partial charge on any atom is 0.319 e. The number of amides is 2. The van der Waals surface area contributed by atoms with Gasteiger partial charge in [-0.15, -0.1) is 11.3 Å². The van der Waals surface area contributed by atoms with E-state index in [2.05, 4.69) is 33.9 Å². The number of hydrogen-bond donors (Lipinski definition) is 2. The van der Waals surface area contributed by atoms with E-state index in [-0.39, 0.29) is 6.03 Å². The number of thiophene rings is 1. The van der Waals surface area contributed by atoms with Crippen molar-refractivity contribution < 1.29 is 9.53 Å². The zero-order valence-corrected chi connectivity index (χ0v) is 14.9. The molecule has 0 radical (unpaired) electrons. The Morgan fingerprint density at radius 2 is 2.25 bits per heavy atom. The second-order valence-corrected chi connectivity index (χ2v) is 6.89. The average Bonchev–Trinajstić information content (AvgIpc) is 2.83. The molecule has 3 rings (SSSR count). The Bertz CT molecular complexity index is 714. The number of fused-ring (bicyclic) bond motifs is 1. The normalized spacial score (nSPS) is 14.4. The van der Waals surface area contributed by atoms with Gasteiger partial charge in [-0.05, 0) is 49.1 Å². The SMILES string of the molecule is CCNC(=O)Nc1ccc2c(c1)CN(Cc1sccc1C)CCO2. The Morgan fingerprint density at radius 1 is 1.38 bits per heavy atom. The predicted molar refractivity (Wildman–Crippen MR) is 97.8 cm³/mol. The summed E-state index contributed by atoms with van der Waals surface area (Å²) < 4.78 is 5.87. The number of anilines is 1. The topological polar surface area (TPSA) is 53.6 Å². The van der Waals surface area contributed by atoms with Gasteiger partial charge in [-0.3, -0.25) is 4.90 Å². The summed E-state index contributed by atoms with van der Waals surface area (Å²) in [5.41, 5.74) is 3.24. The third kappa shape index (κ3) is 4.07. The molecule has 0 bridgehead atoms. The van der Waals surface area contributed by atoms with E-state index in [0.29, 0.717) is 13.2 Å². The Labute approximate surface area is 146 Å². The second-order valence-electron chi connectivity index (χ2n) is 5.89. The van der Waals surface area contributed by atoms with Crippen molar-refractivity contribution in [2.45, 2.75) is 26.9 Å². The summed E-state index contributed by atoms with van der Waals surface area (Å²) in [6, 6.07) is 7.81. The van der Waals surface area contributed by atoms with Crippen LogP contribution in [0.1, 0.15) is 22.9 Å². The highest BCUT2D eigenvalue weighted by molar-refractivity contribution is 7.10. The van der Waals surface area contributed by atoms with Gasteiger partial charge in [-0.2, -0.15) is 0 Å². The van der Waals surface area contributed by atoms with Crippen LogP contribution in [0.25, 0.3) is 0 Å². The van der Waals surface area contributed by atoms with Gasteiger partial charge in [0.25, 0.3) is 0 Å². The van der Waals surface area contributed by atoms with Crippen LogP contribution in [0, 0.1) is 6.92 Å². The van der Waals surface area contributed by atoms with Crippen LogP contribution in [-0.2, 0) is 13.1 Å². The first-order chi connectivity index (χ1) is 11.7. The average molecular weight is 345 g/mol. The molecule has 1 aliphatic rings. The van der Waals surface area contributed by atoms with Gasteiger partial charge in [0, 0.05) is 42.3 Å². The van der Waals surface area contributed by atoms with Gasteiger partial charge in [-0.25, -0.2) is 4.79 Å². The van der Waals surface area contributed by atoms with Crippen molar-refractivity contribution in [3.05, 3.63) is 45.6 Å². The van der Waals surface area contributed by atoms with Crippen LogP contribution in [0.4, 0.5) is 10.5 Å². The van der Waals surface area contributed by atoms with E-state index < -0.39 is 0 Å². The Morgan fingerprint density at radius 3 is 3.00 bits per heavy atom. The standard InChI is InChI=1S/C18H23N3O2S/c1-3-19-18(22)20-15-4-5-16-14(10-15)11-21(7-8-23-16)12-17-13(2)6-9-24-17/h4-6,9-10H,3,7-8,11-12H2,1-2H3,(H2,19,20,22). The monoisotopic (exact) mass is 345 g/mol. The molecule has 5 nitrogen and oxygen atoms in total. The van der Waals surface area contributed by atoms with Crippen LogP contribution in [-0.4, -0.2) is 30.6 Å². The molecule has 6 heteroatoms. The molecule has 0 fully saturated rings. The van der Waals surface area contributed by atoms with E-state index >= 15 is 0 Å². The van der Waals surface area contributed by atoms with Gasteiger partial charge in [0.2, 0.25) is 0 Å².